The lowest BCUT2D eigenvalue weighted by molar-refractivity contribution is 0.0436. The summed E-state index contributed by atoms with van der Waals surface area (Å²) < 4.78 is 7.44. The van der Waals surface area contributed by atoms with Crippen LogP contribution < -0.4 is 0 Å². The van der Waals surface area contributed by atoms with Gasteiger partial charge < -0.3 is 13.9 Å². The molecule has 0 bridgehead atoms. The highest BCUT2D eigenvalue weighted by molar-refractivity contribution is 5.92. The van der Waals surface area contributed by atoms with E-state index in [4.69, 9.17) is 4.42 Å². The Balaban J connectivity index is 1.45. The largest absolute Gasteiger partial charge is 0.438 e. The molecule has 0 saturated carbocycles. The van der Waals surface area contributed by atoms with Crippen molar-refractivity contribution in [3.63, 3.8) is 0 Å². The van der Waals surface area contributed by atoms with Gasteiger partial charge in [-0.15, -0.1) is 0 Å². The number of hydrogen-bond donors (Lipinski definition) is 0. The maximum atomic E-state index is 12.4. The average molecular weight is 336 g/mol. The van der Waals surface area contributed by atoms with Crippen LogP contribution in [0.2, 0.25) is 0 Å². The minimum Gasteiger partial charge on any atom is -0.438 e. The summed E-state index contributed by atoms with van der Waals surface area (Å²) in [6.07, 6.45) is 3.22. The SMILES string of the molecule is Cc1ncoc1C(=O)N1CC(Cn2c(C)cnc2-c2ccccc2)C1. The maximum Gasteiger partial charge on any atom is 0.291 e. The van der Waals surface area contributed by atoms with Gasteiger partial charge in [0.2, 0.25) is 5.76 Å². The first-order valence-corrected chi connectivity index (χ1v) is 8.40. The molecular formula is C19H20N4O2. The van der Waals surface area contributed by atoms with Crippen molar-refractivity contribution in [3.05, 3.63) is 60.1 Å². The number of hydrogen-bond acceptors (Lipinski definition) is 4. The van der Waals surface area contributed by atoms with E-state index in [0.717, 1.165) is 36.7 Å². The molecule has 1 fully saturated rings. The zero-order chi connectivity index (χ0) is 17.4. The van der Waals surface area contributed by atoms with Gasteiger partial charge in [-0.25, -0.2) is 9.97 Å². The molecule has 1 saturated heterocycles. The Morgan fingerprint density at radius 1 is 1.20 bits per heavy atom. The summed E-state index contributed by atoms with van der Waals surface area (Å²) >= 11 is 0. The van der Waals surface area contributed by atoms with E-state index in [9.17, 15) is 4.79 Å². The number of likely N-dealkylation sites (tertiary alicyclic amines) is 1. The van der Waals surface area contributed by atoms with Gasteiger partial charge in [0, 0.05) is 43.0 Å². The van der Waals surface area contributed by atoms with Crippen LogP contribution in [0.15, 0.2) is 47.3 Å². The molecule has 0 spiro atoms. The number of carbonyl (C=O) groups excluding carboxylic acids is 1. The summed E-state index contributed by atoms with van der Waals surface area (Å²) in [7, 11) is 0. The van der Waals surface area contributed by atoms with Gasteiger partial charge in [0.15, 0.2) is 6.39 Å². The molecule has 1 aromatic carbocycles. The van der Waals surface area contributed by atoms with Crippen molar-refractivity contribution in [1.82, 2.24) is 19.4 Å². The van der Waals surface area contributed by atoms with Crippen LogP contribution in [-0.2, 0) is 6.54 Å². The van der Waals surface area contributed by atoms with Crippen LogP contribution in [-0.4, -0.2) is 38.4 Å². The molecule has 1 aliphatic rings. The van der Waals surface area contributed by atoms with Crippen LogP contribution >= 0.6 is 0 Å². The van der Waals surface area contributed by atoms with Crippen molar-refractivity contribution in [2.24, 2.45) is 5.92 Å². The van der Waals surface area contributed by atoms with Crippen molar-refractivity contribution in [3.8, 4) is 11.4 Å². The second-order valence-corrected chi connectivity index (χ2v) is 6.54. The molecule has 0 radical (unpaired) electrons. The third-order valence-electron chi connectivity index (χ3n) is 4.71. The fraction of sp³-hybridized carbons (Fsp3) is 0.316. The third kappa shape index (κ3) is 2.84. The molecule has 0 aliphatic carbocycles. The molecule has 2 aromatic heterocycles. The van der Waals surface area contributed by atoms with E-state index in [1.807, 2.05) is 29.3 Å². The number of benzene rings is 1. The van der Waals surface area contributed by atoms with E-state index in [1.165, 1.54) is 6.39 Å². The summed E-state index contributed by atoms with van der Waals surface area (Å²) in [6.45, 7) is 6.17. The summed E-state index contributed by atoms with van der Waals surface area (Å²) in [5, 5.41) is 0. The molecule has 0 unspecified atom stereocenters. The molecule has 25 heavy (non-hydrogen) atoms. The number of imidazole rings is 1. The van der Waals surface area contributed by atoms with E-state index in [-0.39, 0.29) is 5.91 Å². The van der Waals surface area contributed by atoms with Crippen LogP contribution in [0.5, 0.6) is 0 Å². The van der Waals surface area contributed by atoms with Crippen LogP contribution in [0.25, 0.3) is 11.4 Å². The minimum absolute atomic E-state index is 0.0723. The van der Waals surface area contributed by atoms with Crippen molar-refractivity contribution in [1.29, 1.82) is 0 Å². The quantitative estimate of drug-likeness (QED) is 0.735. The Hall–Kier alpha value is -2.89. The lowest BCUT2D eigenvalue weighted by atomic mass is 9.99. The van der Waals surface area contributed by atoms with Gasteiger partial charge in [0.25, 0.3) is 5.91 Å². The van der Waals surface area contributed by atoms with Crippen LogP contribution in [0.1, 0.15) is 21.9 Å². The van der Waals surface area contributed by atoms with Gasteiger partial charge in [0.1, 0.15) is 5.82 Å². The Labute approximate surface area is 146 Å². The molecule has 6 heteroatoms. The van der Waals surface area contributed by atoms with E-state index in [0.29, 0.717) is 17.4 Å². The minimum atomic E-state index is -0.0723. The molecule has 1 aliphatic heterocycles. The van der Waals surface area contributed by atoms with E-state index in [1.54, 1.807) is 6.92 Å². The fourth-order valence-electron chi connectivity index (χ4n) is 3.27. The van der Waals surface area contributed by atoms with Gasteiger partial charge in [0.05, 0.1) is 5.69 Å². The van der Waals surface area contributed by atoms with Crippen molar-refractivity contribution >= 4 is 5.91 Å². The molecule has 0 N–H and O–H groups in total. The molecule has 6 nitrogen and oxygen atoms in total. The Morgan fingerprint density at radius 2 is 1.96 bits per heavy atom. The number of rotatable bonds is 4. The third-order valence-corrected chi connectivity index (χ3v) is 4.71. The van der Waals surface area contributed by atoms with Gasteiger partial charge in [-0.3, -0.25) is 4.79 Å². The molecule has 0 atom stereocenters. The van der Waals surface area contributed by atoms with Crippen molar-refractivity contribution in [2.45, 2.75) is 20.4 Å². The first-order chi connectivity index (χ1) is 12.1. The topological polar surface area (TPSA) is 64.2 Å². The van der Waals surface area contributed by atoms with Crippen LogP contribution in [0.4, 0.5) is 0 Å². The highest BCUT2D eigenvalue weighted by Gasteiger charge is 2.34. The number of oxazole rings is 1. The van der Waals surface area contributed by atoms with Crippen LogP contribution in [0.3, 0.4) is 0 Å². The second kappa shape index (κ2) is 6.20. The standard InChI is InChI=1S/C19H20N4O2/c1-13-8-20-18(16-6-4-3-5-7-16)23(13)11-15-9-22(10-15)19(24)17-14(2)21-12-25-17/h3-8,12,15H,9-11H2,1-2H3. The highest BCUT2D eigenvalue weighted by atomic mass is 16.3. The number of aryl methyl sites for hydroxylation is 2. The first kappa shape index (κ1) is 15.6. The summed E-state index contributed by atoms with van der Waals surface area (Å²) in [5.74, 6) is 1.68. The molecule has 1 amide bonds. The lowest BCUT2D eigenvalue weighted by Gasteiger charge is -2.39. The molecular weight excluding hydrogens is 316 g/mol. The summed E-state index contributed by atoms with van der Waals surface area (Å²) in [5.41, 5.74) is 2.89. The van der Waals surface area contributed by atoms with Gasteiger partial charge in [-0.1, -0.05) is 30.3 Å². The smallest absolute Gasteiger partial charge is 0.291 e. The Bertz CT molecular complexity index is 891. The van der Waals surface area contributed by atoms with E-state index >= 15 is 0 Å². The zero-order valence-electron chi connectivity index (χ0n) is 14.3. The Morgan fingerprint density at radius 3 is 2.64 bits per heavy atom. The molecule has 3 heterocycles. The van der Waals surface area contributed by atoms with Gasteiger partial charge >= 0.3 is 0 Å². The van der Waals surface area contributed by atoms with Crippen LogP contribution in [0, 0.1) is 19.8 Å². The van der Waals surface area contributed by atoms with Gasteiger partial charge in [-0.2, -0.15) is 0 Å². The summed E-state index contributed by atoms with van der Waals surface area (Å²) in [6, 6.07) is 10.2. The van der Waals surface area contributed by atoms with Gasteiger partial charge in [-0.05, 0) is 13.8 Å². The predicted octanol–water partition coefficient (Wildman–Crippen LogP) is 2.93. The fourth-order valence-corrected chi connectivity index (χ4v) is 3.27. The highest BCUT2D eigenvalue weighted by Crippen LogP contribution is 2.25. The first-order valence-electron chi connectivity index (χ1n) is 8.40. The van der Waals surface area contributed by atoms with Crippen molar-refractivity contribution in [2.75, 3.05) is 13.1 Å². The average Bonchev–Trinajstić information content (AvgIpc) is 3.17. The van der Waals surface area contributed by atoms with Crippen molar-refractivity contribution < 1.29 is 9.21 Å². The lowest BCUT2D eigenvalue weighted by Crippen LogP contribution is -2.51. The maximum absolute atomic E-state index is 12.4. The van der Waals surface area contributed by atoms with E-state index < -0.39 is 0 Å². The number of aromatic nitrogens is 3. The molecule has 128 valence electrons. The second-order valence-electron chi connectivity index (χ2n) is 6.54. The number of carbonyl (C=O) groups is 1. The predicted molar refractivity (Wildman–Crippen MR) is 93.0 cm³/mol. The Kier molecular flexibility index (Phi) is 3.87. The van der Waals surface area contributed by atoms with E-state index in [2.05, 4.69) is 33.6 Å². The monoisotopic (exact) mass is 336 g/mol. The molecule has 3 aromatic rings. The number of amides is 1. The normalized spacial score (nSPS) is 14.6. The zero-order valence-corrected chi connectivity index (χ0v) is 14.3. The number of nitrogens with zero attached hydrogens (tertiary/aromatic N) is 4. The molecule has 4 rings (SSSR count). The summed E-state index contributed by atoms with van der Waals surface area (Å²) in [4.78, 5) is 22.7.